The zero-order valence-corrected chi connectivity index (χ0v) is 23.5. The van der Waals surface area contributed by atoms with Crippen molar-refractivity contribution >= 4 is 0 Å². The monoisotopic (exact) mass is 565 g/mol. The van der Waals surface area contributed by atoms with Crippen LogP contribution < -0.4 is 16.1 Å². The number of methoxy groups -OCH3 is 1. The molecule has 11 heteroatoms. The second-order valence-electron chi connectivity index (χ2n) is 10.5. The molecule has 5 aromatic rings. The van der Waals surface area contributed by atoms with E-state index >= 15 is 0 Å². The Morgan fingerprint density at radius 3 is 2.48 bits per heavy atom. The normalized spacial score (nSPS) is 16.2. The number of rotatable bonds is 10. The molecule has 1 fully saturated rings. The van der Waals surface area contributed by atoms with Gasteiger partial charge in [-0.1, -0.05) is 55.3 Å². The minimum atomic E-state index is -0.626. The summed E-state index contributed by atoms with van der Waals surface area (Å²) in [4.78, 5) is 46.3. The lowest BCUT2D eigenvalue weighted by atomic mass is 9.69. The summed E-state index contributed by atoms with van der Waals surface area (Å²) in [6.45, 7) is 2.44. The molecule has 1 N–H and O–H groups in total. The topological polar surface area (TPSA) is 142 Å². The minimum absolute atomic E-state index is 0.153. The number of benzene rings is 1. The quantitative estimate of drug-likeness (QED) is 0.251. The van der Waals surface area contributed by atoms with E-state index in [0.29, 0.717) is 40.4 Å². The van der Waals surface area contributed by atoms with E-state index in [1.165, 1.54) is 6.42 Å². The van der Waals surface area contributed by atoms with Crippen LogP contribution in [0.5, 0.6) is 5.75 Å². The van der Waals surface area contributed by atoms with Gasteiger partial charge in [0.2, 0.25) is 0 Å². The van der Waals surface area contributed by atoms with Gasteiger partial charge in [0.05, 0.1) is 37.4 Å². The molecule has 0 saturated heterocycles. The molecule has 0 radical (unpaired) electrons. The van der Waals surface area contributed by atoms with Gasteiger partial charge in [-0.3, -0.25) is 23.9 Å². The van der Waals surface area contributed by atoms with Crippen molar-refractivity contribution in [1.82, 2.24) is 34.6 Å². The van der Waals surface area contributed by atoms with Gasteiger partial charge in [-0.2, -0.15) is 0 Å². The van der Waals surface area contributed by atoms with E-state index in [1.807, 2.05) is 36.4 Å². The largest absolute Gasteiger partial charge is 0.494 e. The van der Waals surface area contributed by atoms with E-state index in [2.05, 4.69) is 36.5 Å². The molecule has 6 rings (SSSR count). The number of nitrogens with zero attached hydrogens (tertiary/aromatic N) is 6. The first kappa shape index (κ1) is 27.3. The SMILES string of the molecule is CCCCC1CCC1c1cc(=O)n(Cc2ccc(-c3ccccc3-c3noc(=O)[nH]3)nc2)c(-c2ncc(OC)cn2)n1. The van der Waals surface area contributed by atoms with Crippen LogP contribution >= 0.6 is 0 Å². The number of aromatic nitrogens is 7. The van der Waals surface area contributed by atoms with Crippen molar-refractivity contribution in [3.63, 3.8) is 0 Å². The Morgan fingerprint density at radius 2 is 1.83 bits per heavy atom. The summed E-state index contributed by atoms with van der Waals surface area (Å²) in [6.07, 6.45) is 10.6. The van der Waals surface area contributed by atoms with Gasteiger partial charge in [-0.15, -0.1) is 0 Å². The average Bonchev–Trinajstić information content (AvgIpc) is 3.44. The first-order valence-corrected chi connectivity index (χ1v) is 14.1. The second-order valence-corrected chi connectivity index (χ2v) is 10.5. The van der Waals surface area contributed by atoms with Gasteiger partial charge in [-0.25, -0.2) is 19.7 Å². The van der Waals surface area contributed by atoms with Crippen LogP contribution in [0.1, 0.15) is 56.2 Å². The van der Waals surface area contributed by atoms with E-state index in [4.69, 9.17) is 9.72 Å². The van der Waals surface area contributed by atoms with Gasteiger partial charge < -0.3 is 4.74 Å². The molecule has 0 amide bonds. The van der Waals surface area contributed by atoms with E-state index < -0.39 is 5.76 Å². The van der Waals surface area contributed by atoms with E-state index in [1.54, 1.807) is 36.3 Å². The molecule has 4 heterocycles. The highest BCUT2D eigenvalue weighted by Gasteiger charge is 2.33. The van der Waals surface area contributed by atoms with Crippen molar-refractivity contribution in [2.24, 2.45) is 5.92 Å². The second kappa shape index (κ2) is 11.9. The fourth-order valence-electron chi connectivity index (χ4n) is 5.46. The van der Waals surface area contributed by atoms with Crippen molar-refractivity contribution < 1.29 is 9.26 Å². The van der Waals surface area contributed by atoms with Gasteiger partial charge in [0.25, 0.3) is 5.56 Å². The van der Waals surface area contributed by atoms with Crippen LogP contribution in [0.2, 0.25) is 0 Å². The molecule has 0 spiro atoms. The summed E-state index contributed by atoms with van der Waals surface area (Å²) in [6, 6.07) is 12.9. The number of hydrogen-bond acceptors (Lipinski definition) is 9. The summed E-state index contributed by atoms with van der Waals surface area (Å²) in [5, 5.41) is 3.82. The molecule has 2 unspecified atom stereocenters. The molecule has 1 aromatic carbocycles. The molecule has 0 bridgehead atoms. The number of unbranched alkanes of at least 4 members (excludes halogenated alkanes) is 1. The number of hydrogen-bond donors (Lipinski definition) is 1. The number of pyridine rings is 1. The molecule has 42 heavy (non-hydrogen) atoms. The molecule has 4 aromatic heterocycles. The Morgan fingerprint density at radius 1 is 1.02 bits per heavy atom. The predicted molar refractivity (Wildman–Crippen MR) is 156 cm³/mol. The first-order chi connectivity index (χ1) is 20.5. The maximum atomic E-state index is 13.6. The van der Waals surface area contributed by atoms with E-state index in [0.717, 1.165) is 42.5 Å². The van der Waals surface area contributed by atoms with Crippen LogP contribution in [-0.4, -0.2) is 41.8 Å². The van der Waals surface area contributed by atoms with Crippen molar-refractivity contribution in [2.45, 2.75) is 51.5 Å². The zero-order chi connectivity index (χ0) is 29.1. The lowest BCUT2D eigenvalue weighted by Gasteiger charge is -2.36. The Kier molecular flexibility index (Phi) is 7.72. The fourth-order valence-corrected chi connectivity index (χ4v) is 5.46. The third-order valence-electron chi connectivity index (χ3n) is 7.88. The highest BCUT2D eigenvalue weighted by Crippen LogP contribution is 2.44. The lowest BCUT2D eigenvalue weighted by Crippen LogP contribution is -2.30. The molecule has 214 valence electrons. The molecule has 1 aliphatic carbocycles. The van der Waals surface area contributed by atoms with Crippen molar-refractivity contribution in [3.8, 4) is 40.0 Å². The highest BCUT2D eigenvalue weighted by atomic mass is 16.5. The standard InChI is InChI=1S/C31H31N7O4/c1-3-4-7-20-11-12-22(20)26-14-27(39)38(30(35-26)29-33-16-21(41-2)17-34-29)18-19-10-13-25(32-15-19)23-8-5-6-9-24(23)28-36-31(40)42-37-28/h5-6,8-10,13-17,20,22H,3-4,7,11-12,18H2,1-2H3,(H,36,37,40). The first-order valence-electron chi connectivity index (χ1n) is 14.1. The van der Waals surface area contributed by atoms with E-state index in [-0.39, 0.29) is 18.0 Å². The van der Waals surface area contributed by atoms with Crippen molar-refractivity contribution in [1.29, 1.82) is 0 Å². The van der Waals surface area contributed by atoms with Crippen LogP contribution in [-0.2, 0) is 6.54 Å². The summed E-state index contributed by atoms with van der Waals surface area (Å²) in [5.41, 5.74) is 3.62. The minimum Gasteiger partial charge on any atom is -0.494 e. The smallest absolute Gasteiger partial charge is 0.439 e. The van der Waals surface area contributed by atoms with Crippen LogP contribution in [0, 0.1) is 5.92 Å². The molecular formula is C31H31N7O4. The van der Waals surface area contributed by atoms with Gasteiger partial charge in [0.15, 0.2) is 23.2 Å². The van der Waals surface area contributed by atoms with Crippen LogP contribution in [0.3, 0.4) is 0 Å². The van der Waals surface area contributed by atoms with Crippen molar-refractivity contribution in [2.75, 3.05) is 7.11 Å². The number of H-pyrrole nitrogens is 1. The molecule has 2 atom stereocenters. The zero-order valence-electron chi connectivity index (χ0n) is 23.5. The fraction of sp³-hybridized carbons (Fsp3) is 0.323. The molecule has 1 aliphatic rings. The molecule has 0 aliphatic heterocycles. The van der Waals surface area contributed by atoms with Crippen molar-refractivity contribution in [3.05, 3.63) is 93.2 Å². The van der Waals surface area contributed by atoms with Gasteiger partial charge >= 0.3 is 5.76 Å². The van der Waals surface area contributed by atoms with Crippen LogP contribution in [0.4, 0.5) is 0 Å². The number of nitrogens with one attached hydrogen (secondary N) is 1. The van der Waals surface area contributed by atoms with Gasteiger partial charge in [0, 0.05) is 29.3 Å². The third kappa shape index (κ3) is 5.50. The van der Waals surface area contributed by atoms with E-state index in [9.17, 15) is 9.59 Å². The summed E-state index contributed by atoms with van der Waals surface area (Å²) >= 11 is 0. The maximum absolute atomic E-state index is 13.6. The average molecular weight is 566 g/mol. The summed E-state index contributed by atoms with van der Waals surface area (Å²) in [5.74, 6) is 1.83. The van der Waals surface area contributed by atoms with Gasteiger partial charge in [0.1, 0.15) is 0 Å². The maximum Gasteiger partial charge on any atom is 0.439 e. The molecule has 11 nitrogen and oxygen atoms in total. The Hall–Kier alpha value is -4.93. The predicted octanol–water partition coefficient (Wildman–Crippen LogP) is 4.85. The molecule has 1 saturated carbocycles. The van der Waals surface area contributed by atoms with Crippen LogP contribution in [0.15, 0.2) is 75.2 Å². The third-order valence-corrected chi connectivity index (χ3v) is 7.88. The lowest BCUT2D eigenvalue weighted by molar-refractivity contribution is 0.229. The van der Waals surface area contributed by atoms with Gasteiger partial charge in [-0.05, 0) is 36.8 Å². The summed E-state index contributed by atoms with van der Waals surface area (Å²) < 4.78 is 11.5. The Balaban J connectivity index is 1.33. The van der Waals surface area contributed by atoms with Crippen LogP contribution in [0.25, 0.3) is 34.3 Å². The summed E-state index contributed by atoms with van der Waals surface area (Å²) in [7, 11) is 1.56. The Labute approximate surface area is 241 Å². The molecular weight excluding hydrogens is 534 g/mol. The number of aromatic amines is 1. The Bertz CT molecular complexity index is 1790. The highest BCUT2D eigenvalue weighted by molar-refractivity contribution is 5.78. The number of ether oxygens (including phenoxy) is 1.